The van der Waals surface area contributed by atoms with Gasteiger partial charge >= 0.3 is 0 Å². The maximum absolute atomic E-state index is 14.0. The van der Waals surface area contributed by atoms with E-state index in [4.69, 9.17) is 0 Å². The molecule has 2 aromatic carbocycles. The van der Waals surface area contributed by atoms with Crippen molar-refractivity contribution < 1.29 is 8.78 Å². The second-order valence-corrected chi connectivity index (χ2v) is 7.21. The van der Waals surface area contributed by atoms with Crippen LogP contribution in [-0.2, 0) is 0 Å². The number of nitrogens with zero attached hydrogens (tertiary/aromatic N) is 1. The van der Waals surface area contributed by atoms with Crippen LogP contribution in [0.5, 0.6) is 0 Å². The number of hydrogen-bond donors (Lipinski definition) is 1. The minimum Gasteiger partial charge on any atom is -0.372 e. The van der Waals surface area contributed by atoms with Crippen molar-refractivity contribution in [2.24, 2.45) is 0 Å². The lowest BCUT2D eigenvalue weighted by molar-refractivity contribution is 0.591. The molecule has 3 aromatic rings. The Morgan fingerprint density at radius 1 is 0.963 bits per heavy atom. The number of halogens is 2. The fourth-order valence-electron chi connectivity index (χ4n) is 3.89. The van der Waals surface area contributed by atoms with Crippen molar-refractivity contribution in [1.29, 1.82) is 0 Å². The van der Waals surface area contributed by atoms with Gasteiger partial charge in [-0.1, -0.05) is 25.0 Å². The number of aromatic amines is 1. The Bertz CT molecular complexity index is 1030. The average molecular weight is 368 g/mol. The third-order valence-electron chi connectivity index (χ3n) is 5.38. The molecule has 3 nitrogen and oxygen atoms in total. The summed E-state index contributed by atoms with van der Waals surface area (Å²) in [4.78, 5) is 18.1. The van der Waals surface area contributed by atoms with Gasteiger partial charge in [0.25, 0.3) is 0 Å². The lowest BCUT2D eigenvalue weighted by atomic mass is 10.0. The zero-order chi connectivity index (χ0) is 19.0. The van der Waals surface area contributed by atoms with Crippen LogP contribution in [0, 0.1) is 18.6 Å². The standard InChI is InChI=1S/C22H22F2N2O/c1-14-21(25-19-13-16(23)12-18(24)20(19)22(14)27)15-6-8-17(9-7-15)26-10-4-2-3-5-11-26/h6-9,12-13H,2-5,10-11H2,1H3,(H,25,27). The van der Waals surface area contributed by atoms with Crippen LogP contribution in [0.4, 0.5) is 14.5 Å². The summed E-state index contributed by atoms with van der Waals surface area (Å²) in [5.74, 6) is -1.54. The van der Waals surface area contributed by atoms with E-state index in [0.717, 1.165) is 30.8 Å². The smallest absolute Gasteiger partial charge is 0.195 e. The number of H-pyrrole nitrogens is 1. The third-order valence-corrected chi connectivity index (χ3v) is 5.38. The van der Waals surface area contributed by atoms with Crippen LogP contribution in [0.15, 0.2) is 41.2 Å². The Morgan fingerprint density at radius 3 is 2.30 bits per heavy atom. The van der Waals surface area contributed by atoms with Crippen molar-refractivity contribution in [1.82, 2.24) is 4.98 Å². The molecule has 1 aromatic heterocycles. The fraction of sp³-hybridized carbons (Fsp3) is 0.318. The zero-order valence-electron chi connectivity index (χ0n) is 15.3. The normalized spacial score (nSPS) is 15.1. The molecule has 1 fully saturated rings. The number of nitrogens with one attached hydrogen (secondary N) is 1. The van der Waals surface area contributed by atoms with Gasteiger partial charge in [-0.2, -0.15) is 0 Å². The first-order chi connectivity index (χ1) is 13.0. The number of hydrogen-bond acceptors (Lipinski definition) is 2. The van der Waals surface area contributed by atoms with Gasteiger partial charge < -0.3 is 9.88 Å². The molecule has 27 heavy (non-hydrogen) atoms. The van der Waals surface area contributed by atoms with Gasteiger partial charge in [-0.15, -0.1) is 0 Å². The summed E-state index contributed by atoms with van der Waals surface area (Å²) in [5, 5.41) is -0.0983. The summed E-state index contributed by atoms with van der Waals surface area (Å²) >= 11 is 0. The first kappa shape index (κ1) is 17.7. The van der Waals surface area contributed by atoms with E-state index in [1.807, 2.05) is 12.1 Å². The first-order valence-corrected chi connectivity index (χ1v) is 9.41. The van der Waals surface area contributed by atoms with Gasteiger partial charge in [0.05, 0.1) is 16.6 Å². The Hall–Kier alpha value is -2.69. The average Bonchev–Trinajstić information content (AvgIpc) is 2.94. The lowest BCUT2D eigenvalue weighted by Gasteiger charge is -2.23. The van der Waals surface area contributed by atoms with Gasteiger partial charge in [-0.3, -0.25) is 4.79 Å². The highest BCUT2D eigenvalue weighted by Crippen LogP contribution is 2.27. The topological polar surface area (TPSA) is 36.1 Å². The van der Waals surface area contributed by atoms with Gasteiger partial charge in [0, 0.05) is 30.4 Å². The molecule has 1 aliphatic heterocycles. The Kier molecular flexibility index (Phi) is 4.68. The van der Waals surface area contributed by atoms with Crippen molar-refractivity contribution in [3.05, 3.63) is 63.8 Å². The number of aromatic nitrogens is 1. The largest absolute Gasteiger partial charge is 0.372 e. The molecular formula is C22H22F2N2O. The third kappa shape index (κ3) is 3.34. The van der Waals surface area contributed by atoms with Crippen molar-refractivity contribution in [2.75, 3.05) is 18.0 Å². The molecular weight excluding hydrogens is 346 g/mol. The monoisotopic (exact) mass is 368 g/mol. The van der Waals surface area contributed by atoms with Crippen LogP contribution in [0.25, 0.3) is 22.2 Å². The SMILES string of the molecule is Cc1c(-c2ccc(N3CCCCCC3)cc2)[nH]c2cc(F)cc(F)c2c1=O. The molecule has 0 atom stereocenters. The highest BCUT2D eigenvalue weighted by molar-refractivity contribution is 5.84. The van der Waals surface area contributed by atoms with Crippen molar-refractivity contribution in [3.63, 3.8) is 0 Å². The van der Waals surface area contributed by atoms with E-state index in [1.54, 1.807) is 6.92 Å². The molecule has 1 N–H and O–H groups in total. The number of benzene rings is 2. The molecule has 0 radical (unpaired) electrons. The first-order valence-electron chi connectivity index (χ1n) is 9.41. The zero-order valence-corrected chi connectivity index (χ0v) is 15.3. The van der Waals surface area contributed by atoms with Gasteiger partial charge in [-0.25, -0.2) is 8.78 Å². The van der Waals surface area contributed by atoms with Crippen LogP contribution < -0.4 is 10.3 Å². The minimum atomic E-state index is -0.836. The molecule has 0 bridgehead atoms. The molecule has 140 valence electrons. The molecule has 4 rings (SSSR count). The van der Waals surface area contributed by atoms with E-state index in [1.165, 1.54) is 31.4 Å². The summed E-state index contributed by atoms with van der Waals surface area (Å²) in [6, 6.07) is 9.92. The summed E-state index contributed by atoms with van der Waals surface area (Å²) in [6.45, 7) is 3.78. The molecule has 0 aliphatic carbocycles. The predicted octanol–water partition coefficient (Wildman–Crippen LogP) is 5.16. The van der Waals surface area contributed by atoms with Gasteiger partial charge in [-0.05, 0) is 43.5 Å². The van der Waals surface area contributed by atoms with E-state index in [9.17, 15) is 13.6 Å². The lowest BCUT2D eigenvalue weighted by Crippen LogP contribution is -2.23. The van der Waals surface area contributed by atoms with Crippen LogP contribution in [-0.4, -0.2) is 18.1 Å². The minimum absolute atomic E-state index is 0.0983. The second kappa shape index (κ2) is 7.14. The highest BCUT2D eigenvalue weighted by Gasteiger charge is 2.15. The molecule has 0 unspecified atom stereocenters. The summed E-state index contributed by atoms with van der Waals surface area (Å²) in [7, 11) is 0. The number of anilines is 1. The molecule has 5 heteroatoms. The van der Waals surface area contributed by atoms with Crippen molar-refractivity contribution >= 4 is 16.6 Å². The second-order valence-electron chi connectivity index (χ2n) is 7.21. The van der Waals surface area contributed by atoms with E-state index >= 15 is 0 Å². The Balaban J connectivity index is 1.76. The summed E-state index contributed by atoms with van der Waals surface area (Å²) in [6.07, 6.45) is 4.96. The van der Waals surface area contributed by atoms with Gasteiger partial charge in [0.2, 0.25) is 0 Å². The molecule has 0 amide bonds. The number of fused-ring (bicyclic) bond motifs is 1. The maximum Gasteiger partial charge on any atom is 0.195 e. The number of rotatable bonds is 2. The Labute approximate surface area is 156 Å². The predicted molar refractivity (Wildman–Crippen MR) is 105 cm³/mol. The molecule has 1 aliphatic rings. The molecule has 0 spiro atoms. The molecule has 0 saturated carbocycles. The van der Waals surface area contributed by atoms with Crippen molar-refractivity contribution in [3.8, 4) is 11.3 Å². The number of pyridine rings is 1. The molecule has 1 saturated heterocycles. The van der Waals surface area contributed by atoms with Gasteiger partial charge in [0.15, 0.2) is 5.43 Å². The van der Waals surface area contributed by atoms with Crippen LogP contribution >= 0.6 is 0 Å². The highest BCUT2D eigenvalue weighted by atomic mass is 19.1. The van der Waals surface area contributed by atoms with Crippen molar-refractivity contribution in [2.45, 2.75) is 32.6 Å². The fourth-order valence-corrected chi connectivity index (χ4v) is 3.89. The van der Waals surface area contributed by atoms with Crippen LogP contribution in [0.1, 0.15) is 31.2 Å². The molecule has 2 heterocycles. The maximum atomic E-state index is 14.0. The van der Waals surface area contributed by atoms with Gasteiger partial charge in [0.1, 0.15) is 11.6 Å². The summed E-state index contributed by atoms with van der Waals surface area (Å²) in [5.41, 5.74) is 2.78. The van der Waals surface area contributed by atoms with E-state index in [2.05, 4.69) is 22.0 Å². The quantitative estimate of drug-likeness (QED) is 0.678. The Morgan fingerprint density at radius 2 is 1.63 bits per heavy atom. The summed E-state index contributed by atoms with van der Waals surface area (Å²) < 4.78 is 27.6. The van der Waals surface area contributed by atoms with E-state index in [-0.39, 0.29) is 10.9 Å². The van der Waals surface area contributed by atoms with Crippen LogP contribution in [0.3, 0.4) is 0 Å². The van der Waals surface area contributed by atoms with E-state index < -0.39 is 17.1 Å². The van der Waals surface area contributed by atoms with Crippen LogP contribution in [0.2, 0.25) is 0 Å². The van der Waals surface area contributed by atoms with E-state index in [0.29, 0.717) is 11.3 Å².